The Morgan fingerprint density at radius 3 is 2.67 bits per heavy atom. The SMILES string of the molecule is Cl.N#Cc1cc([C@H](N)C2CC2)ccc1F. The van der Waals surface area contributed by atoms with E-state index < -0.39 is 5.82 Å². The average Bonchev–Trinajstić information content (AvgIpc) is 3.01. The third kappa shape index (κ3) is 2.47. The van der Waals surface area contributed by atoms with Gasteiger partial charge in [0.25, 0.3) is 0 Å². The summed E-state index contributed by atoms with van der Waals surface area (Å²) in [5.74, 6) is 0.0475. The fraction of sp³-hybridized carbons (Fsp3) is 0.364. The third-order valence-corrected chi connectivity index (χ3v) is 2.63. The maximum atomic E-state index is 13.0. The molecule has 0 saturated heterocycles. The van der Waals surface area contributed by atoms with Gasteiger partial charge in [-0.25, -0.2) is 4.39 Å². The fourth-order valence-corrected chi connectivity index (χ4v) is 1.56. The Kier molecular flexibility index (Phi) is 3.67. The number of nitrogens with zero attached hydrogens (tertiary/aromatic N) is 1. The van der Waals surface area contributed by atoms with Crippen LogP contribution in [0.3, 0.4) is 0 Å². The Labute approximate surface area is 94.3 Å². The van der Waals surface area contributed by atoms with Crippen molar-refractivity contribution < 1.29 is 4.39 Å². The topological polar surface area (TPSA) is 49.8 Å². The molecule has 0 heterocycles. The molecule has 1 aromatic rings. The zero-order valence-electron chi connectivity index (χ0n) is 8.11. The minimum Gasteiger partial charge on any atom is -0.324 e. The second-order valence-corrected chi connectivity index (χ2v) is 3.71. The maximum Gasteiger partial charge on any atom is 0.140 e. The molecule has 1 fully saturated rings. The Hall–Kier alpha value is -1.11. The minimum atomic E-state index is -0.473. The molecule has 4 heteroatoms. The highest BCUT2D eigenvalue weighted by Crippen LogP contribution is 2.39. The van der Waals surface area contributed by atoms with Gasteiger partial charge in [0.2, 0.25) is 0 Å². The van der Waals surface area contributed by atoms with Gasteiger partial charge in [-0.3, -0.25) is 0 Å². The van der Waals surface area contributed by atoms with Gasteiger partial charge in [-0.2, -0.15) is 5.26 Å². The number of benzene rings is 1. The predicted octanol–water partition coefficient (Wildman–Crippen LogP) is 2.53. The standard InChI is InChI=1S/C11H11FN2.ClH/c12-10-4-3-8(5-9(10)6-13)11(14)7-1-2-7;/h3-5,7,11H,1-2,14H2;1H/t11-;/m1./s1. The molecule has 1 aromatic carbocycles. The molecule has 2 rings (SSSR count). The van der Waals surface area contributed by atoms with Crippen LogP contribution in [0.5, 0.6) is 0 Å². The van der Waals surface area contributed by atoms with Gasteiger partial charge in [0.1, 0.15) is 11.9 Å². The summed E-state index contributed by atoms with van der Waals surface area (Å²) in [6, 6.07) is 6.32. The van der Waals surface area contributed by atoms with Crippen LogP contribution in [-0.2, 0) is 0 Å². The van der Waals surface area contributed by atoms with Crippen molar-refractivity contribution in [3.05, 3.63) is 35.1 Å². The summed E-state index contributed by atoms with van der Waals surface area (Å²) < 4.78 is 13.0. The van der Waals surface area contributed by atoms with Crippen molar-refractivity contribution in [3.63, 3.8) is 0 Å². The summed E-state index contributed by atoms with van der Waals surface area (Å²) >= 11 is 0. The van der Waals surface area contributed by atoms with Crippen molar-refractivity contribution in [1.29, 1.82) is 5.26 Å². The number of rotatable bonds is 2. The molecule has 0 spiro atoms. The quantitative estimate of drug-likeness (QED) is 0.843. The molecule has 0 bridgehead atoms. The molecule has 1 atom stereocenters. The largest absolute Gasteiger partial charge is 0.324 e. The molecule has 0 unspecified atom stereocenters. The highest BCUT2D eigenvalue weighted by atomic mass is 35.5. The van der Waals surface area contributed by atoms with Crippen LogP contribution in [0.1, 0.15) is 30.0 Å². The molecule has 0 amide bonds. The Morgan fingerprint density at radius 1 is 1.47 bits per heavy atom. The van der Waals surface area contributed by atoms with Crippen LogP contribution in [0.25, 0.3) is 0 Å². The van der Waals surface area contributed by atoms with E-state index in [1.165, 1.54) is 6.07 Å². The van der Waals surface area contributed by atoms with Gasteiger partial charge < -0.3 is 5.73 Å². The second kappa shape index (κ2) is 4.61. The first-order valence-electron chi connectivity index (χ1n) is 4.67. The molecule has 80 valence electrons. The molecular formula is C11H12ClFN2. The fourth-order valence-electron chi connectivity index (χ4n) is 1.56. The lowest BCUT2D eigenvalue weighted by Gasteiger charge is -2.10. The summed E-state index contributed by atoms with van der Waals surface area (Å²) in [5.41, 5.74) is 6.89. The Balaban J connectivity index is 0.00000112. The van der Waals surface area contributed by atoms with Crippen LogP contribution in [0.4, 0.5) is 4.39 Å². The van der Waals surface area contributed by atoms with Crippen LogP contribution in [0.2, 0.25) is 0 Å². The summed E-state index contributed by atoms with van der Waals surface area (Å²) in [4.78, 5) is 0. The molecule has 0 aliphatic heterocycles. The highest BCUT2D eigenvalue weighted by Gasteiger charge is 2.29. The van der Waals surface area contributed by atoms with Crippen molar-refractivity contribution in [3.8, 4) is 6.07 Å². The molecule has 0 radical (unpaired) electrons. The Morgan fingerprint density at radius 2 is 2.13 bits per heavy atom. The summed E-state index contributed by atoms with van der Waals surface area (Å²) in [7, 11) is 0. The molecular weight excluding hydrogens is 215 g/mol. The highest BCUT2D eigenvalue weighted by molar-refractivity contribution is 5.85. The first-order valence-corrected chi connectivity index (χ1v) is 4.67. The molecule has 1 aliphatic rings. The lowest BCUT2D eigenvalue weighted by atomic mass is 10.0. The normalized spacial score (nSPS) is 16.3. The van der Waals surface area contributed by atoms with Gasteiger partial charge in [0, 0.05) is 6.04 Å². The van der Waals surface area contributed by atoms with Crippen molar-refractivity contribution >= 4 is 12.4 Å². The minimum absolute atomic E-state index is 0. The van der Waals surface area contributed by atoms with Gasteiger partial charge in [-0.1, -0.05) is 6.07 Å². The maximum absolute atomic E-state index is 13.0. The van der Waals surface area contributed by atoms with Gasteiger partial charge >= 0.3 is 0 Å². The van der Waals surface area contributed by atoms with Crippen LogP contribution >= 0.6 is 12.4 Å². The van der Waals surface area contributed by atoms with Crippen molar-refractivity contribution in [1.82, 2.24) is 0 Å². The number of nitrogens with two attached hydrogens (primary N) is 1. The summed E-state index contributed by atoms with van der Waals surface area (Å²) in [6.45, 7) is 0. The van der Waals surface area contributed by atoms with Crippen molar-refractivity contribution in [2.75, 3.05) is 0 Å². The van der Waals surface area contributed by atoms with E-state index in [0.29, 0.717) is 5.92 Å². The molecule has 2 nitrogen and oxygen atoms in total. The van der Waals surface area contributed by atoms with Crippen LogP contribution < -0.4 is 5.73 Å². The third-order valence-electron chi connectivity index (χ3n) is 2.63. The molecule has 2 N–H and O–H groups in total. The number of hydrogen-bond acceptors (Lipinski definition) is 2. The van der Waals surface area contributed by atoms with E-state index in [1.54, 1.807) is 12.1 Å². The van der Waals surface area contributed by atoms with Crippen LogP contribution in [-0.4, -0.2) is 0 Å². The first kappa shape index (κ1) is 12.0. The first-order chi connectivity index (χ1) is 6.72. The molecule has 15 heavy (non-hydrogen) atoms. The van der Waals surface area contributed by atoms with Gasteiger partial charge in [0.15, 0.2) is 0 Å². The number of halogens is 2. The molecule has 0 aromatic heterocycles. The van der Waals surface area contributed by atoms with E-state index in [2.05, 4.69) is 0 Å². The van der Waals surface area contributed by atoms with Crippen LogP contribution in [0, 0.1) is 23.1 Å². The van der Waals surface area contributed by atoms with E-state index >= 15 is 0 Å². The van der Waals surface area contributed by atoms with E-state index in [9.17, 15) is 4.39 Å². The van der Waals surface area contributed by atoms with E-state index in [-0.39, 0.29) is 24.0 Å². The monoisotopic (exact) mass is 226 g/mol. The summed E-state index contributed by atoms with van der Waals surface area (Å²) in [6.07, 6.45) is 2.28. The van der Waals surface area contributed by atoms with Crippen LogP contribution in [0.15, 0.2) is 18.2 Å². The zero-order valence-corrected chi connectivity index (χ0v) is 8.93. The van der Waals surface area contributed by atoms with Gasteiger partial charge in [-0.05, 0) is 36.5 Å². The zero-order chi connectivity index (χ0) is 10.1. The second-order valence-electron chi connectivity index (χ2n) is 3.71. The Bertz CT molecular complexity index is 396. The van der Waals surface area contributed by atoms with E-state index in [0.717, 1.165) is 18.4 Å². The lowest BCUT2D eigenvalue weighted by molar-refractivity contribution is 0.610. The number of nitriles is 1. The predicted molar refractivity (Wildman–Crippen MR) is 58.0 cm³/mol. The van der Waals surface area contributed by atoms with Crippen molar-refractivity contribution in [2.24, 2.45) is 11.7 Å². The average molecular weight is 227 g/mol. The summed E-state index contributed by atoms with van der Waals surface area (Å²) in [5, 5.41) is 8.65. The molecule has 1 aliphatic carbocycles. The van der Waals surface area contributed by atoms with E-state index in [1.807, 2.05) is 6.07 Å². The lowest BCUT2D eigenvalue weighted by Crippen LogP contribution is -2.12. The van der Waals surface area contributed by atoms with Crippen molar-refractivity contribution in [2.45, 2.75) is 18.9 Å². The molecule has 1 saturated carbocycles. The van der Waals surface area contributed by atoms with Gasteiger partial charge in [0.05, 0.1) is 5.56 Å². The van der Waals surface area contributed by atoms with E-state index in [4.69, 9.17) is 11.0 Å². The van der Waals surface area contributed by atoms with Gasteiger partial charge in [-0.15, -0.1) is 12.4 Å². The smallest absolute Gasteiger partial charge is 0.140 e. The number of hydrogen-bond donors (Lipinski definition) is 1.